The summed E-state index contributed by atoms with van der Waals surface area (Å²) in [5.41, 5.74) is 3.80. The summed E-state index contributed by atoms with van der Waals surface area (Å²) < 4.78 is 0. The van der Waals surface area contributed by atoms with Gasteiger partial charge in [-0.1, -0.05) is 0 Å². The molecule has 3 aromatic rings. The Labute approximate surface area is 144 Å². The fourth-order valence-electron chi connectivity index (χ4n) is 2.97. The van der Waals surface area contributed by atoms with E-state index in [0.717, 1.165) is 35.3 Å². The highest BCUT2D eigenvalue weighted by atomic mass is 16.1. The Balaban J connectivity index is 1.53. The van der Waals surface area contributed by atoms with Gasteiger partial charge in [-0.25, -0.2) is 4.98 Å². The largest absolute Gasteiger partial charge is 0.339 e. The SMILES string of the molecule is Cc1cc(Nc2cncc(Nc3ccc4c(c3)CCCC4=O)n2)n[nH]1. The number of carbonyl (C=O) groups excluding carboxylic acids is 1. The van der Waals surface area contributed by atoms with Crippen LogP contribution in [0.25, 0.3) is 0 Å². The number of Topliss-reactive ketones (excluding diaryl/α,β-unsaturated/α-hetero) is 1. The molecule has 0 unspecified atom stereocenters. The first kappa shape index (κ1) is 15.3. The number of aromatic nitrogens is 4. The van der Waals surface area contributed by atoms with Gasteiger partial charge < -0.3 is 10.6 Å². The van der Waals surface area contributed by atoms with Crippen LogP contribution in [0.1, 0.15) is 34.5 Å². The maximum Gasteiger partial charge on any atom is 0.163 e. The van der Waals surface area contributed by atoms with Crippen LogP contribution in [0.5, 0.6) is 0 Å². The number of hydrogen-bond acceptors (Lipinski definition) is 6. The van der Waals surface area contributed by atoms with Crippen molar-refractivity contribution in [3.8, 4) is 0 Å². The number of H-pyrrole nitrogens is 1. The molecule has 4 rings (SSSR count). The van der Waals surface area contributed by atoms with E-state index in [2.05, 4.69) is 30.8 Å². The van der Waals surface area contributed by atoms with Gasteiger partial charge in [0.15, 0.2) is 23.2 Å². The van der Waals surface area contributed by atoms with E-state index in [0.29, 0.717) is 23.9 Å². The third-order valence-corrected chi connectivity index (χ3v) is 4.12. The Bertz CT molecular complexity index is 933. The first-order valence-corrected chi connectivity index (χ1v) is 8.21. The smallest absolute Gasteiger partial charge is 0.163 e. The summed E-state index contributed by atoms with van der Waals surface area (Å²) in [5.74, 6) is 2.15. The molecule has 0 atom stereocenters. The summed E-state index contributed by atoms with van der Waals surface area (Å²) in [4.78, 5) is 20.6. The fourth-order valence-corrected chi connectivity index (χ4v) is 2.97. The second kappa shape index (κ2) is 6.35. The van der Waals surface area contributed by atoms with Gasteiger partial charge in [0.25, 0.3) is 0 Å². The molecule has 2 heterocycles. The van der Waals surface area contributed by atoms with Gasteiger partial charge in [-0.3, -0.25) is 14.9 Å². The summed E-state index contributed by atoms with van der Waals surface area (Å²) >= 11 is 0. The summed E-state index contributed by atoms with van der Waals surface area (Å²) in [7, 11) is 0. The van der Waals surface area contributed by atoms with E-state index in [1.807, 2.05) is 31.2 Å². The Hall–Kier alpha value is -3.22. The predicted octanol–water partition coefficient (Wildman–Crippen LogP) is 3.51. The van der Waals surface area contributed by atoms with Crippen LogP contribution in [0.15, 0.2) is 36.7 Å². The van der Waals surface area contributed by atoms with Gasteiger partial charge in [0.05, 0.1) is 12.4 Å². The molecule has 1 aromatic carbocycles. The molecule has 0 saturated carbocycles. The lowest BCUT2D eigenvalue weighted by molar-refractivity contribution is 0.0972. The molecule has 0 amide bonds. The van der Waals surface area contributed by atoms with Crippen molar-refractivity contribution in [2.75, 3.05) is 10.6 Å². The number of fused-ring (bicyclic) bond motifs is 1. The molecule has 0 aliphatic heterocycles. The molecule has 126 valence electrons. The molecule has 3 N–H and O–H groups in total. The molecule has 0 fully saturated rings. The summed E-state index contributed by atoms with van der Waals surface area (Å²) in [6.07, 6.45) is 5.79. The van der Waals surface area contributed by atoms with Crippen LogP contribution < -0.4 is 10.6 Å². The van der Waals surface area contributed by atoms with Crippen LogP contribution in [0.2, 0.25) is 0 Å². The highest BCUT2D eigenvalue weighted by molar-refractivity contribution is 5.98. The highest BCUT2D eigenvalue weighted by Crippen LogP contribution is 2.26. The number of aromatic amines is 1. The van der Waals surface area contributed by atoms with Crippen molar-refractivity contribution in [2.24, 2.45) is 0 Å². The van der Waals surface area contributed by atoms with Crippen molar-refractivity contribution in [3.63, 3.8) is 0 Å². The third kappa shape index (κ3) is 3.35. The molecule has 0 bridgehead atoms. The quantitative estimate of drug-likeness (QED) is 0.676. The van der Waals surface area contributed by atoms with Gasteiger partial charge in [-0.15, -0.1) is 0 Å². The number of ketones is 1. The Morgan fingerprint density at radius 2 is 1.88 bits per heavy atom. The Morgan fingerprint density at radius 1 is 1.04 bits per heavy atom. The minimum atomic E-state index is 0.230. The molecule has 0 radical (unpaired) electrons. The number of hydrogen-bond donors (Lipinski definition) is 3. The van der Waals surface area contributed by atoms with Crippen LogP contribution in [0.3, 0.4) is 0 Å². The highest BCUT2D eigenvalue weighted by Gasteiger charge is 2.17. The van der Waals surface area contributed by atoms with Gasteiger partial charge >= 0.3 is 0 Å². The van der Waals surface area contributed by atoms with Crippen molar-refractivity contribution in [1.82, 2.24) is 20.2 Å². The van der Waals surface area contributed by atoms with Gasteiger partial charge in [0.2, 0.25) is 0 Å². The van der Waals surface area contributed by atoms with E-state index in [1.165, 1.54) is 0 Å². The fraction of sp³-hybridized carbons (Fsp3) is 0.222. The maximum atomic E-state index is 11.9. The molecule has 25 heavy (non-hydrogen) atoms. The minimum absolute atomic E-state index is 0.230. The van der Waals surface area contributed by atoms with Gasteiger partial charge in [-0.2, -0.15) is 5.10 Å². The molecule has 7 heteroatoms. The maximum absolute atomic E-state index is 11.9. The second-order valence-corrected chi connectivity index (χ2v) is 6.12. The van der Waals surface area contributed by atoms with Crippen molar-refractivity contribution < 1.29 is 4.79 Å². The van der Waals surface area contributed by atoms with Crippen LogP contribution in [-0.2, 0) is 6.42 Å². The zero-order valence-electron chi connectivity index (χ0n) is 13.8. The number of nitrogens with zero attached hydrogens (tertiary/aromatic N) is 3. The van der Waals surface area contributed by atoms with Gasteiger partial charge in [0, 0.05) is 29.4 Å². The number of carbonyl (C=O) groups is 1. The second-order valence-electron chi connectivity index (χ2n) is 6.12. The zero-order chi connectivity index (χ0) is 17.2. The molecule has 2 aromatic heterocycles. The molecule has 0 saturated heterocycles. The Morgan fingerprint density at radius 3 is 2.68 bits per heavy atom. The average molecular weight is 334 g/mol. The van der Waals surface area contributed by atoms with Crippen LogP contribution in [0.4, 0.5) is 23.1 Å². The number of rotatable bonds is 4. The molecule has 1 aliphatic rings. The first-order chi connectivity index (χ1) is 12.2. The monoisotopic (exact) mass is 334 g/mol. The number of benzene rings is 1. The predicted molar refractivity (Wildman–Crippen MR) is 95.6 cm³/mol. The third-order valence-electron chi connectivity index (χ3n) is 4.12. The minimum Gasteiger partial charge on any atom is -0.339 e. The van der Waals surface area contributed by atoms with E-state index < -0.39 is 0 Å². The first-order valence-electron chi connectivity index (χ1n) is 8.21. The van der Waals surface area contributed by atoms with Crippen molar-refractivity contribution in [2.45, 2.75) is 26.2 Å². The number of nitrogens with one attached hydrogen (secondary N) is 3. The van der Waals surface area contributed by atoms with Crippen LogP contribution >= 0.6 is 0 Å². The van der Waals surface area contributed by atoms with Crippen molar-refractivity contribution in [3.05, 3.63) is 53.5 Å². The molecular weight excluding hydrogens is 316 g/mol. The van der Waals surface area contributed by atoms with E-state index >= 15 is 0 Å². The topological polar surface area (TPSA) is 95.6 Å². The molecule has 7 nitrogen and oxygen atoms in total. The van der Waals surface area contributed by atoms with Crippen LogP contribution in [-0.4, -0.2) is 25.9 Å². The van der Waals surface area contributed by atoms with E-state index in [9.17, 15) is 4.79 Å². The van der Waals surface area contributed by atoms with Crippen molar-refractivity contribution in [1.29, 1.82) is 0 Å². The lowest BCUT2D eigenvalue weighted by Gasteiger charge is -2.16. The van der Waals surface area contributed by atoms with E-state index in [4.69, 9.17) is 0 Å². The summed E-state index contributed by atoms with van der Waals surface area (Å²) in [5, 5.41) is 13.3. The van der Waals surface area contributed by atoms with Gasteiger partial charge in [0.1, 0.15) is 0 Å². The summed E-state index contributed by atoms with van der Waals surface area (Å²) in [6.45, 7) is 1.93. The number of anilines is 4. The van der Waals surface area contributed by atoms with Crippen molar-refractivity contribution >= 4 is 28.9 Å². The van der Waals surface area contributed by atoms with E-state index in [1.54, 1.807) is 12.4 Å². The molecule has 0 spiro atoms. The summed E-state index contributed by atoms with van der Waals surface area (Å²) in [6, 6.07) is 7.70. The molecule has 1 aliphatic carbocycles. The van der Waals surface area contributed by atoms with E-state index in [-0.39, 0.29) is 5.78 Å². The standard InChI is InChI=1S/C18H18N6O/c1-11-7-16(24-23-11)21-18-10-19-9-17(22-18)20-13-5-6-14-12(8-13)3-2-4-15(14)25/h5-10H,2-4H2,1H3,(H3,20,21,22,23,24). The normalized spacial score (nSPS) is 13.4. The van der Waals surface area contributed by atoms with Gasteiger partial charge in [-0.05, 0) is 43.5 Å². The lowest BCUT2D eigenvalue weighted by atomic mass is 9.90. The zero-order valence-corrected chi connectivity index (χ0v) is 13.8. The Kier molecular flexibility index (Phi) is 3.89. The lowest BCUT2D eigenvalue weighted by Crippen LogP contribution is -2.11. The average Bonchev–Trinajstić information content (AvgIpc) is 3.00. The number of aryl methyl sites for hydroxylation is 2. The van der Waals surface area contributed by atoms with Crippen LogP contribution in [0, 0.1) is 6.92 Å². The molecular formula is C18H18N6O.